The van der Waals surface area contributed by atoms with Crippen LogP contribution >= 0.6 is 11.8 Å². The third kappa shape index (κ3) is 5.41. The zero-order valence-corrected chi connectivity index (χ0v) is 19.1. The van der Waals surface area contributed by atoms with E-state index in [-0.39, 0.29) is 10.8 Å². The Balaban J connectivity index is 1.35. The number of thioether (sulfide) groups is 1. The van der Waals surface area contributed by atoms with Gasteiger partial charge in [-0.3, -0.25) is 0 Å². The Morgan fingerprint density at radius 3 is 2.56 bits per heavy atom. The number of rotatable bonds is 9. The highest BCUT2D eigenvalue weighted by atomic mass is 32.2. The van der Waals surface area contributed by atoms with E-state index in [9.17, 15) is 8.42 Å². The lowest BCUT2D eigenvalue weighted by atomic mass is 10.2. The summed E-state index contributed by atoms with van der Waals surface area (Å²) in [5.41, 5.74) is 0.549. The van der Waals surface area contributed by atoms with Gasteiger partial charge in [0.1, 0.15) is 11.5 Å². The van der Waals surface area contributed by atoms with Crippen LogP contribution in [0.3, 0.4) is 0 Å². The van der Waals surface area contributed by atoms with Gasteiger partial charge < -0.3 is 18.6 Å². The molecule has 9 nitrogen and oxygen atoms in total. The van der Waals surface area contributed by atoms with Crippen molar-refractivity contribution >= 4 is 21.8 Å². The van der Waals surface area contributed by atoms with Gasteiger partial charge >= 0.3 is 0 Å². The summed E-state index contributed by atoms with van der Waals surface area (Å²) < 4.78 is 48.9. The highest BCUT2D eigenvalue weighted by Gasteiger charge is 2.26. The molecule has 32 heavy (non-hydrogen) atoms. The molecule has 170 valence electrons. The second-order valence-electron chi connectivity index (χ2n) is 6.79. The summed E-state index contributed by atoms with van der Waals surface area (Å²) in [6.07, 6.45) is 0. The fourth-order valence-electron chi connectivity index (χ4n) is 3.07. The van der Waals surface area contributed by atoms with Gasteiger partial charge in [-0.1, -0.05) is 17.8 Å². The molecule has 0 saturated carbocycles. The first kappa shape index (κ1) is 22.6. The van der Waals surface area contributed by atoms with Gasteiger partial charge in [-0.25, -0.2) is 8.42 Å². The van der Waals surface area contributed by atoms with Crippen LogP contribution in [0.1, 0.15) is 0 Å². The van der Waals surface area contributed by atoms with Gasteiger partial charge in [0.25, 0.3) is 5.22 Å². The predicted octanol–water partition coefficient (Wildman–Crippen LogP) is 2.94. The van der Waals surface area contributed by atoms with Gasteiger partial charge in [0.15, 0.2) is 0 Å². The lowest BCUT2D eigenvalue weighted by Crippen LogP contribution is -2.40. The summed E-state index contributed by atoms with van der Waals surface area (Å²) in [5.74, 6) is 2.39. The zero-order valence-electron chi connectivity index (χ0n) is 17.5. The second kappa shape index (κ2) is 10.3. The first-order valence-electron chi connectivity index (χ1n) is 9.98. The molecule has 1 aliphatic rings. The van der Waals surface area contributed by atoms with E-state index in [1.807, 2.05) is 24.3 Å². The van der Waals surface area contributed by atoms with Crippen molar-refractivity contribution in [1.82, 2.24) is 14.5 Å². The minimum atomic E-state index is -3.60. The standard InChI is InChI=1S/C21H23N3O6S2/c1-27-17-5-7-18(8-6-17)29-13-14-31-21-23-22-20(30-21)16-3-2-4-19(15-16)32(25,26)24-9-11-28-12-10-24/h2-8,15H,9-14H2,1H3. The molecule has 0 unspecified atom stereocenters. The molecule has 1 aromatic heterocycles. The van der Waals surface area contributed by atoms with E-state index < -0.39 is 10.0 Å². The Bertz CT molecular complexity index is 1130. The van der Waals surface area contributed by atoms with Crippen LogP contribution in [0, 0.1) is 0 Å². The molecule has 11 heteroatoms. The highest BCUT2D eigenvalue weighted by molar-refractivity contribution is 7.99. The van der Waals surface area contributed by atoms with E-state index in [0.717, 1.165) is 11.5 Å². The summed E-state index contributed by atoms with van der Waals surface area (Å²) >= 11 is 1.36. The molecule has 2 heterocycles. The van der Waals surface area contributed by atoms with Crippen LogP contribution in [0.5, 0.6) is 11.5 Å². The van der Waals surface area contributed by atoms with Crippen molar-refractivity contribution < 1.29 is 27.0 Å². The quantitative estimate of drug-likeness (QED) is 0.340. The lowest BCUT2D eigenvalue weighted by molar-refractivity contribution is 0.0730. The third-order valence-corrected chi connectivity index (χ3v) is 7.41. The number of aromatic nitrogens is 2. The largest absolute Gasteiger partial charge is 0.497 e. The normalized spacial score (nSPS) is 14.9. The number of benzene rings is 2. The fourth-order valence-corrected chi connectivity index (χ4v) is 5.10. The smallest absolute Gasteiger partial charge is 0.276 e. The van der Waals surface area contributed by atoms with Crippen molar-refractivity contribution in [3.8, 4) is 23.0 Å². The van der Waals surface area contributed by atoms with Crippen molar-refractivity contribution in [1.29, 1.82) is 0 Å². The number of sulfonamides is 1. The van der Waals surface area contributed by atoms with Crippen LogP contribution in [0.15, 0.2) is 63.1 Å². The van der Waals surface area contributed by atoms with Gasteiger partial charge in [-0.2, -0.15) is 4.31 Å². The average Bonchev–Trinajstić information content (AvgIpc) is 3.32. The average molecular weight is 478 g/mol. The van der Waals surface area contributed by atoms with E-state index in [0.29, 0.717) is 49.4 Å². The number of morpholine rings is 1. The Morgan fingerprint density at radius 2 is 1.81 bits per heavy atom. The maximum atomic E-state index is 12.9. The lowest BCUT2D eigenvalue weighted by Gasteiger charge is -2.26. The summed E-state index contributed by atoms with van der Waals surface area (Å²) in [6.45, 7) is 1.93. The summed E-state index contributed by atoms with van der Waals surface area (Å²) in [7, 11) is -1.98. The molecule has 0 bridgehead atoms. The number of hydrogen-bond donors (Lipinski definition) is 0. The van der Waals surface area contributed by atoms with E-state index in [1.165, 1.54) is 16.1 Å². The molecular weight excluding hydrogens is 454 g/mol. The van der Waals surface area contributed by atoms with Crippen LogP contribution in [0.25, 0.3) is 11.5 Å². The summed E-state index contributed by atoms with van der Waals surface area (Å²) in [5, 5.41) is 8.49. The van der Waals surface area contributed by atoms with E-state index >= 15 is 0 Å². The van der Waals surface area contributed by atoms with Gasteiger partial charge in [-0.05, 0) is 42.5 Å². The third-order valence-electron chi connectivity index (χ3n) is 4.73. The van der Waals surface area contributed by atoms with E-state index in [1.54, 1.807) is 31.4 Å². The van der Waals surface area contributed by atoms with Crippen LogP contribution in [-0.2, 0) is 14.8 Å². The molecule has 2 aromatic carbocycles. The minimum Gasteiger partial charge on any atom is -0.497 e. The topological polar surface area (TPSA) is 104 Å². The van der Waals surface area contributed by atoms with Gasteiger partial charge in [0, 0.05) is 24.4 Å². The first-order valence-corrected chi connectivity index (χ1v) is 12.4. The maximum absolute atomic E-state index is 12.9. The molecule has 0 aliphatic carbocycles. The van der Waals surface area contributed by atoms with Crippen LogP contribution < -0.4 is 9.47 Å². The second-order valence-corrected chi connectivity index (χ2v) is 9.77. The van der Waals surface area contributed by atoms with Crippen molar-refractivity contribution in [3.63, 3.8) is 0 Å². The van der Waals surface area contributed by atoms with E-state index in [2.05, 4.69) is 10.2 Å². The maximum Gasteiger partial charge on any atom is 0.276 e. The molecular formula is C21H23N3O6S2. The van der Waals surface area contributed by atoms with Gasteiger partial charge in [0.2, 0.25) is 15.9 Å². The summed E-state index contributed by atoms with van der Waals surface area (Å²) in [6, 6.07) is 13.9. The van der Waals surface area contributed by atoms with Gasteiger partial charge in [-0.15, -0.1) is 10.2 Å². The zero-order chi connectivity index (χ0) is 22.4. The molecule has 0 radical (unpaired) electrons. The predicted molar refractivity (Wildman–Crippen MR) is 119 cm³/mol. The molecule has 4 rings (SSSR count). The SMILES string of the molecule is COc1ccc(OCCSc2nnc(-c3cccc(S(=O)(=O)N4CCOCC4)c3)o2)cc1. The minimum absolute atomic E-state index is 0.192. The summed E-state index contributed by atoms with van der Waals surface area (Å²) in [4.78, 5) is 0.192. The fraction of sp³-hybridized carbons (Fsp3) is 0.333. The molecule has 1 saturated heterocycles. The molecule has 0 N–H and O–H groups in total. The number of methoxy groups -OCH3 is 1. The van der Waals surface area contributed by atoms with Crippen molar-refractivity contribution in [2.45, 2.75) is 10.1 Å². The molecule has 0 atom stereocenters. The molecule has 3 aromatic rings. The molecule has 0 amide bonds. The Kier molecular flexibility index (Phi) is 7.30. The number of hydrogen-bond acceptors (Lipinski definition) is 9. The monoisotopic (exact) mass is 477 g/mol. The number of ether oxygens (including phenoxy) is 3. The van der Waals surface area contributed by atoms with Crippen LogP contribution in [-0.4, -0.2) is 68.7 Å². The molecule has 1 aliphatic heterocycles. The number of nitrogens with zero attached hydrogens (tertiary/aromatic N) is 3. The van der Waals surface area contributed by atoms with Crippen molar-refractivity contribution in [2.24, 2.45) is 0 Å². The molecule has 1 fully saturated rings. The van der Waals surface area contributed by atoms with Crippen LogP contribution in [0.2, 0.25) is 0 Å². The highest BCUT2D eigenvalue weighted by Crippen LogP contribution is 2.26. The first-order chi connectivity index (χ1) is 15.6. The van der Waals surface area contributed by atoms with Crippen molar-refractivity contribution in [2.75, 3.05) is 45.8 Å². The Labute approximate surface area is 190 Å². The van der Waals surface area contributed by atoms with Crippen molar-refractivity contribution in [3.05, 3.63) is 48.5 Å². The van der Waals surface area contributed by atoms with Crippen LogP contribution in [0.4, 0.5) is 0 Å². The van der Waals surface area contributed by atoms with E-state index in [4.69, 9.17) is 18.6 Å². The Hall–Kier alpha value is -2.60. The Morgan fingerprint density at radius 1 is 1.06 bits per heavy atom. The van der Waals surface area contributed by atoms with Gasteiger partial charge in [0.05, 0.1) is 31.8 Å². The molecule has 0 spiro atoms.